The first-order chi connectivity index (χ1) is 13.5. The van der Waals surface area contributed by atoms with Crippen molar-refractivity contribution in [2.45, 2.75) is 27.2 Å². The van der Waals surface area contributed by atoms with Crippen LogP contribution in [0.25, 0.3) is 11.3 Å². The van der Waals surface area contributed by atoms with Crippen molar-refractivity contribution in [3.8, 4) is 17.3 Å². The summed E-state index contributed by atoms with van der Waals surface area (Å²) in [6.45, 7) is 5.56. The summed E-state index contributed by atoms with van der Waals surface area (Å²) < 4.78 is 0. The molecule has 0 atom stereocenters. The molecule has 0 aliphatic rings. The van der Waals surface area contributed by atoms with Crippen LogP contribution in [0.4, 0.5) is 5.69 Å². The third kappa shape index (κ3) is 4.57. The van der Waals surface area contributed by atoms with Crippen LogP contribution in [0.2, 0.25) is 0 Å². The van der Waals surface area contributed by atoms with Crippen LogP contribution in [0.3, 0.4) is 0 Å². The van der Waals surface area contributed by atoms with Gasteiger partial charge in [-0.05, 0) is 36.8 Å². The number of aromatic nitrogens is 3. The van der Waals surface area contributed by atoms with Crippen molar-refractivity contribution in [2.75, 3.05) is 5.32 Å². The molecule has 0 unspecified atom stereocenters. The number of benzene rings is 1. The van der Waals surface area contributed by atoms with E-state index < -0.39 is 0 Å². The van der Waals surface area contributed by atoms with E-state index in [1.807, 2.05) is 45.2 Å². The van der Waals surface area contributed by atoms with Crippen LogP contribution < -0.4 is 5.32 Å². The van der Waals surface area contributed by atoms with Crippen molar-refractivity contribution in [1.82, 2.24) is 15.0 Å². The van der Waals surface area contributed by atoms with E-state index in [0.717, 1.165) is 22.5 Å². The van der Waals surface area contributed by atoms with Gasteiger partial charge in [-0.15, -0.1) is 0 Å². The molecule has 140 valence electrons. The molecule has 0 saturated heterocycles. The molecule has 1 N–H and O–H groups in total. The van der Waals surface area contributed by atoms with E-state index in [1.54, 1.807) is 24.4 Å². The summed E-state index contributed by atoms with van der Waals surface area (Å²) in [5.41, 5.74) is 4.42. The average molecular weight is 371 g/mol. The zero-order valence-electron chi connectivity index (χ0n) is 16.1. The Morgan fingerprint density at radius 3 is 2.68 bits per heavy atom. The van der Waals surface area contributed by atoms with E-state index in [4.69, 9.17) is 0 Å². The summed E-state index contributed by atoms with van der Waals surface area (Å²) in [5.74, 6) is 0.394. The number of hydrogen-bond acceptors (Lipinski definition) is 5. The Bertz CT molecular complexity index is 1040. The minimum atomic E-state index is -0.160. The van der Waals surface area contributed by atoms with E-state index in [2.05, 4.69) is 26.3 Å². The molecule has 0 aliphatic carbocycles. The van der Waals surface area contributed by atoms with Gasteiger partial charge in [0.05, 0.1) is 16.9 Å². The lowest BCUT2D eigenvalue weighted by atomic mass is 10.1. The maximum absolute atomic E-state index is 11.9. The molecule has 2 aromatic heterocycles. The molecular weight excluding hydrogens is 350 g/mol. The second kappa shape index (κ2) is 8.40. The number of carbonyl (C=O) groups excluding carboxylic acids is 1. The van der Waals surface area contributed by atoms with Gasteiger partial charge in [0, 0.05) is 36.0 Å². The fourth-order valence-electron chi connectivity index (χ4n) is 2.61. The molecule has 28 heavy (non-hydrogen) atoms. The lowest BCUT2D eigenvalue weighted by Gasteiger charge is -2.11. The number of anilines is 1. The van der Waals surface area contributed by atoms with Gasteiger partial charge in [-0.25, -0.2) is 9.97 Å². The first-order valence-corrected chi connectivity index (χ1v) is 9.05. The number of aryl methyl sites for hydroxylation is 1. The van der Waals surface area contributed by atoms with Crippen LogP contribution in [0.1, 0.15) is 36.5 Å². The molecule has 6 nitrogen and oxygen atoms in total. The van der Waals surface area contributed by atoms with Crippen molar-refractivity contribution >= 4 is 11.6 Å². The van der Waals surface area contributed by atoms with Crippen molar-refractivity contribution in [3.63, 3.8) is 0 Å². The Morgan fingerprint density at radius 1 is 1.18 bits per heavy atom. The molecular formula is C22H21N5O. The molecule has 3 aromatic rings. The zero-order chi connectivity index (χ0) is 20.1. The SMILES string of the molecule is Cc1ccc(Cc2nccc(-c3ccc(NC(=O)C(C)C)c(C#N)c3)n2)cn1. The lowest BCUT2D eigenvalue weighted by molar-refractivity contribution is -0.118. The highest BCUT2D eigenvalue weighted by Gasteiger charge is 2.12. The molecule has 0 fully saturated rings. The molecule has 0 bridgehead atoms. The van der Waals surface area contributed by atoms with Crippen molar-refractivity contribution in [3.05, 3.63) is 71.4 Å². The Balaban J connectivity index is 1.86. The van der Waals surface area contributed by atoms with E-state index in [9.17, 15) is 10.1 Å². The van der Waals surface area contributed by atoms with Crippen LogP contribution in [0.5, 0.6) is 0 Å². The van der Waals surface area contributed by atoms with Gasteiger partial charge in [0.25, 0.3) is 0 Å². The number of nitrogens with one attached hydrogen (secondary N) is 1. The van der Waals surface area contributed by atoms with Crippen molar-refractivity contribution < 1.29 is 4.79 Å². The van der Waals surface area contributed by atoms with Gasteiger partial charge in [0.15, 0.2) is 0 Å². The summed E-state index contributed by atoms with van der Waals surface area (Å²) in [4.78, 5) is 25.2. The Labute approximate surface area is 164 Å². The summed E-state index contributed by atoms with van der Waals surface area (Å²) in [7, 11) is 0. The highest BCUT2D eigenvalue weighted by atomic mass is 16.1. The number of nitrogens with zero attached hydrogens (tertiary/aromatic N) is 4. The third-order valence-corrected chi connectivity index (χ3v) is 4.26. The summed E-state index contributed by atoms with van der Waals surface area (Å²) >= 11 is 0. The van der Waals surface area contributed by atoms with Crippen molar-refractivity contribution in [2.24, 2.45) is 5.92 Å². The van der Waals surface area contributed by atoms with Crippen LogP contribution in [-0.2, 0) is 11.2 Å². The van der Waals surface area contributed by atoms with Crippen molar-refractivity contribution in [1.29, 1.82) is 5.26 Å². The largest absolute Gasteiger partial charge is 0.325 e. The molecule has 0 aliphatic heterocycles. The Morgan fingerprint density at radius 2 is 2.00 bits per heavy atom. The van der Waals surface area contributed by atoms with E-state index in [-0.39, 0.29) is 11.8 Å². The smallest absolute Gasteiger partial charge is 0.226 e. The molecule has 0 radical (unpaired) electrons. The van der Waals surface area contributed by atoms with Gasteiger partial charge in [-0.1, -0.05) is 26.0 Å². The Hall–Kier alpha value is -3.59. The fourth-order valence-corrected chi connectivity index (χ4v) is 2.61. The highest BCUT2D eigenvalue weighted by molar-refractivity contribution is 5.93. The number of rotatable bonds is 5. The fraction of sp³-hybridized carbons (Fsp3) is 0.227. The summed E-state index contributed by atoms with van der Waals surface area (Å²) in [6, 6.07) is 13.2. The van der Waals surface area contributed by atoms with Gasteiger partial charge in [-0.3, -0.25) is 9.78 Å². The predicted molar refractivity (Wildman–Crippen MR) is 107 cm³/mol. The second-order valence-corrected chi connectivity index (χ2v) is 6.86. The third-order valence-electron chi connectivity index (χ3n) is 4.26. The molecule has 6 heteroatoms. The minimum Gasteiger partial charge on any atom is -0.325 e. The van der Waals surface area contributed by atoms with E-state index >= 15 is 0 Å². The number of carbonyl (C=O) groups is 1. The number of amides is 1. The van der Waals surface area contributed by atoms with Gasteiger partial charge in [-0.2, -0.15) is 5.26 Å². The summed E-state index contributed by atoms with van der Waals surface area (Å²) in [6.07, 6.45) is 4.11. The predicted octanol–water partition coefficient (Wildman–Crippen LogP) is 3.90. The molecule has 0 saturated carbocycles. The second-order valence-electron chi connectivity index (χ2n) is 6.86. The molecule has 1 aromatic carbocycles. The molecule has 3 rings (SSSR count). The van der Waals surface area contributed by atoms with Crippen LogP contribution in [0, 0.1) is 24.2 Å². The van der Waals surface area contributed by atoms with Gasteiger partial charge >= 0.3 is 0 Å². The molecule has 0 spiro atoms. The van der Waals surface area contributed by atoms with Gasteiger partial charge < -0.3 is 5.32 Å². The van der Waals surface area contributed by atoms with Crippen LogP contribution >= 0.6 is 0 Å². The van der Waals surface area contributed by atoms with Gasteiger partial charge in [0.1, 0.15) is 11.9 Å². The number of pyridine rings is 1. The first-order valence-electron chi connectivity index (χ1n) is 9.05. The average Bonchev–Trinajstić information content (AvgIpc) is 2.70. The standard InChI is InChI=1S/C22H21N5O/c1-14(2)22(28)27-19-7-6-17(11-18(19)12-23)20-8-9-24-21(26-20)10-16-5-4-15(3)25-13-16/h4-9,11,13-14H,10H2,1-3H3,(H,27,28). The van der Waals surface area contributed by atoms with E-state index in [0.29, 0.717) is 23.5 Å². The topological polar surface area (TPSA) is 91.6 Å². The Kier molecular flexibility index (Phi) is 5.75. The van der Waals surface area contributed by atoms with E-state index in [1.165, 1.54) is 0 Å². The van der Waals surface area contributed by atoms with Crippen LogP contribution in [0.15, 0.2) is 48.8 Å². The maximum Gasteiger partial charge on any atom is 0.226 e. The number of hydrogen-bond donors (Lipinski definition) is 1. The quantitative estimate of drug-likeness (QED) is 0.734. The number of nitriles is 1. The zero-order valence-corrected chi connectivity index (χ0v) is 16.1. The monoisotopic (exact) mass is 371 g/mol. The van der Waals surface area contributed by atoms with Crippen LogP contribution in [-0.4, -0.2) is 20.9 Å². The highest BCUT2D eigenvalue weighted by Crippen LogP contribution is 2.24. The van der Waals surface area contributed by atoms with Gasteiger partial charge in [0.2, 0.25) is 5.91 Å². The summed E-state index contributed by atoms with van der Waals surface area (Å²) in [5, 5.41) is 12.3. The normalized spacial score (nSPS) is 10.5. The minimum absolute atomic E-state index is 0.125. The lowest BCUT2D eigenvalue weighted by Crippen LogP contribution is -2.18. The molecule has 2 heterocycles. The maximum atomic E-state index is 11.9. The molecule has 1 amide bonds. The first kappa shape index (κ1) is 19.2.